The van der Waals surface area contributed by atoms with Crippen molar-refractivity contribution in [1.82, 2.24) is 4.90 Å². The van der Waals surface area contributed by atoms with Gasteiger partial charge in [0.05, 0.1) is 4.92 Å². The average molecular weight is 312 g/mol. The first-order valence-corrected chi connectivity index (χ1v) is 7.66. The van der Waals surface area contributed by atoms with Crippen LogP contribution in [0.2, 0.25) is 0 Å². The topological polar surface area (TPSA) is 63.5 Å². The fraction of sp³-hybridized carbons (Fsp3) is 0.278. The number of benzene rings is 2. The summed E-state index contributed by atoms with van der Waals surface area (Å²) in [7, 11) is 0. The van der Waals surface area contributed by atoms with Gasteiger partial charge in [0.2, 0.25) is 0 Å². The van der Waals surface area contributed by atoms with E-state index in [1.165, 1.54) is 6.07 Å². The summed E-state index contributed by atoms with van der Waals surface area (Å²) in [6, 6.07) is 14.0. The predicted molar refractivity (Wildman–Crippen MR) is 89.6 cm³/mol. The normalized spacial score (nSPS) is 10.3. The molecule has 0 aliphatic carbocycles. The number of nitro benzene ring substituents is 1. The summed E-state index contributed by atoms with van der Waals surface area (Å²) < 4.78 is 0. The summed E-state index contributed by atoms with van der Waals surface area (Å²) in [4.78, 5) is 24.4. The molecule has 0 fully saturated rings. The van der Waals surface area contributed by atoms with Crippen LogP contribution in [0, 0.1) is 10.1 Å². The van der Waals surface area contributed by atoms with Crippen LogP contribution in [0.25, 0.3) is 0 Å². The van der Waals surface area contributed by atoms with Gasteiger partial charge < -0.3 is 4.90 Å². The Hall–Kier alpha value is -2.69. The van der Waals surface area contributed by atoms with Gasteiger partial charge in [0.25, 0.3) is 11.6 Å². The maximum atomic E-state index is 12.2. The fourth-order valence-corrected chi connectivity index (χ4v) is 2.47. The van der Waals surface area contributed by atoms with Crippen LogP contribution in [0.15, 0.2) is 48.5 Å². The lowest BCUT2D eigenvalue weighted by Crippen LogP contribution is -2.30. The quantitative estimate of drug-likeness (QED) is 0.604. The minimum Gasteiger partial charge on any atom is -0.339 e. The number of hydrogen-bond acceptors (Lipinski definition) is 3. The van der Waals surface area contributed by atoms with Gasteiger partial charge >= 0.3 is 0 Å². The molecular formula is C18H20N2O3. The third-order valence-corrected chi connectivity index (χ3v) is 3.78. The van der Waals surface area contributed by atoms with Gasteiger partial charge in [-0.2, -0.15) is 0 Å². The smallest absolute Gasteiger partial charge is 0.269 e. The summed E-state index contributed by atoms with van der Waals surface area (Å²) in [6.07, 6.45) is 0.599. The van der Waals surface area contributed by atoms with Gasteiger partial charge in [-0.1, -0.05) is 24.3 Å². The first-order chi connectivity index (χ1) is 11.0. The lowest BCUT2D eigenvalue weighted by molar-refractivity contribution is -0.384. The van der Waals surface area contributed by atoms with Crippen molar-refractivity contribution in [2.75, 3.05) is 13.1 Å². The van der Waals surface area contributed by atoms with E-state index in [1.807, 2.05) is 44.2 Å². The van der Waals surface area contributed by atoms with Crippen molar-refractivity contribution >= 4 is 11.6 Å². The molecule has 5 nitrogen and oxygen atoms in total. The number of nitrogens with zero attached hydrogens (tertiary/aromatic N) is 2. The van der Waals surface area contributed by atoms with Crippen LogP contribution in [0.4, 0.5) is 5.69 Å². The first kappa shape index (κ1) is 16.7. The van der Waals surface area contributed by atoms with Crippen molar-refractivity contribution in [3.8, 4) is 0 Å². The highest BCUT2D eigenvalue weighted by Gasteiger charge is 2.12. The summed E-state index contributed by atoms with van der Waals surface area (Å²) in [5, 5.41) is 10.8. The van der Waals surface area contributed by atoms with E-state index in [0.29, 0.717) is 25.1 Å². The molecule has 0 aliphatic rings. The van der Waals surface area contributed by atoms with Gasteiger partial charge in [-0.15, -0.1) is 0 Å². The molecule has 0 saturated carbocycles. The molecule has 0 spiro atoms. The Balaban J connectivity index is 2.12. The zero-order chi connectivity index (χ0) is 16.8. The molecule has 1 amide bonds. The van der Waals surface area contributed by atoms with Crippen molar-refractivity contribution in [3.05, 3.63) is 75.3 Å². The number of non-ortho nitro benzene ring substituents is 1. The Morgan fingerprint density at radius 2 is 1.70 bits per heavy atom. The lowest BCUT2D eigenvalue weighted by Gasteiger charge is -2.18. The van der Waals surface area contributed by atoms with Gasteiger partial charge in [-0.25, -0.2) is 0 Å². The summed E-state index contributed by atoms with van der Waals surface area (Å²) in [5.41, 5.74) is 2.65. The van der Waals surface area contributed by atoms with E-state index in [1.54, 1.807) is 17.0 Å². The third-order valence-electron chi connectivity index (χ3n) is 3.78. The minimum atomic E-state index is -0.394. The van der Waals surface area contributed by atoms with Crippen molar-refractivity contribution in [2.45, 2.75) is 20.3 Å². The molecule has 0 aromatic heterocycles. The molecular weight excluding hydrogens is 292 g/mol. The van der Waals surface area contributed by atoms with E-state index in [4.69, 9.17) is 0 Å². The maximum Gasteiger partial charge on any atom is 0.269 e. The summed E-state index contributed by atoms with van der Waals surface area (Å²) >= 11 is 0. The van der Waals surface area contributed by atoms with E-state index in [9.17, 15) is 14.9 Å². The first-order valence-electron chi connectivity index (χ1n) is 7.66. The number of rotatable bonds is 6. The van der Waals surface area contributed by atoms with Crippen LogP contribution in [0.1, 0.15) is 35.3 Å². The van der Waals surface area contributed by atoms with Gasteiger partial charge in [-0.05, 0) is 43.5 Å². The summed E-state index contributed by atoms with van der Waals surface area (Å²) in [6.45, 7) is 5.28. The molecule has 0 aliphatic heterocycles. The molecule has 2 aromatic rings. The predicted octanol–water partition coefficient (Wildman–Crippen LogP) is 3.67. The van der Waals surface area contributed by atoms with Crippen LogP contribution in [-0.2, 0) is 6.42 Å². The number of hydrogen-bond donors (Lipinski definition) is 0. The van der Waals surface area contributed by atoms with Crippen LogP contribution < -0.4 is 0 Å². The molecule has 0 radical (unpaired) electrons. The van der Waals surface area contributed by atoms with Crippen molar-refractivity contribution < 1.29 is 9.72 Å². The third kappa shape index (κ3) is 4.16. The van der Waals surface area contributed by atoms with Crippen molar-refractivity contribution in [3.63, 3.8) is 0 Å². The van der Waals surface area contributed by atoms with E-state index < -0.39 is 4.92 Å². The molecule has 0 bridgehead atoms. The second-order valence-electron chi connectivity index (χ2n) is 5.28. The summed E-state index contributed by atoms with van der Waals surface area (Å²) in [5.74, 6) is 0.0249. The Bertz CT molecular complexity index is 692. The second kappa shape index (κ2) is 7.54. The number of carbonyl (C=O) groups excluding carboxylic acids is 1. The molecule has 0 N–H and O–H groups in total. The Kier molecular flexibility index (Phi) is 5.46. The molecule has 0 unspecified atom stereocenters. The largest absolute Gasteiger partial charge is 0.339 e. The molecule has 2 aromatic carbocycles. The van der Waals surface area contributed by atoms with Gasteiger partial charge in [0.1, 0.15) is 0 Å². The molecule has 0 saturated heterocycles. The Labute approximate surface area is 135 Å². The van der Waals surface area contributed by atoms with Gasteiger partial charge in [-0.3, -0.25) is 14.9 Å². The fourth-order valence-electron chi connectivity index (χ4n) is 2.47. The van der Waals surface area contributed by atoms with E-state index in [2.05, 4.69) is 0 Å². The van der Waals surface area contributed by atoms with E-state index in [-0.39, 0.29) is 11.6 Å². The van der Waals surface area contributed by atoms with Gasteiger partial charge in [0, 0.05) is 30.8 Å². The minimum absolute atomic E-state index is 0.0249. The monoisotopic (exact) mass is 312 g/mol. The highest BCUT2D eigenvalue weighted by Crippen LogP contribution is 2.17. The van der Waals surface area contributed by atoms with Crippen molar-refractivity contribution in [1.29, 1.82) is 0 Å². The zero-order valence-corrected chi connectivity index (χ0v) is 13.4. The highest BCUT2D eigenvalue weighted by atomic mass is 16.6. The van der Waals surface area contributed by atoms with Crippen molar-refractivity contribution in [2.24, 2.45) is 0 Å². The van der Waals surface area contributed by atoms with Crippen LogP contribution in [-0.4, -0.2) is 28.8 Å². The SMILES string of the molecule is CCN(CC)C(=O)c1ccc(Cc2cccc([N+](=O)[O-])c2)cc1. The highest BCUT2D eigenvalue weighted by molar-refractivity contribution is 5.94. The lowest BCUT2D eigenvalue weighted by atomic mass is 10.0. The van der Waals surface area contributed by atoms with Crippen LogP contribution in [0.5, 0.6) is 0 Å². The maximum absolute atomic E-state index is 12.2. The molecule has 0 atom stereocenters. The molecule has 2 rings (SSSR count). The number of carbonyl (C=O) groups is 1. The number of nitro groups is 1. The second-order valence-corrected chi connectivity index (χ2v) is 5.28. The van der Waals surface area contributed by atoms with Crippen LogP contribution >= 0.6 is 0 Å². The Morgan fingerprint density at radius 1 is 1.04 bits per heavy atom. The van der Waals surface area contributed by atoms with E-state index in [0.717, 1.165) is 11.1 Å². The molecule has 0 heterocycles. The molecule has 5 heteroatoms. The molecule has 120 valence electrons. The zero-order valence-electron chi connectivity index (χ0n) is 13.4. The average Bonchev–Trinajstić information content (AvgIpc) is 2.56. The standard InChI is InChI=1S/C18H20N2O3/c1-3-19(4-2)18(21)16-10-8-14(9-11-16)12-15-6-5-7-17(13-15)20(22)23/h5-11,13H,3-4,12H2,1-2H3. The van der Waals surface area contributed by atoms with Gasteiger partial charge in [0.15, 0.2) is 0 Å². The van der Waals surface area contributed by atoms with Crippen LogP contribution in [0.3, 0.4) is 0 Å². The molecule has 23 heavy (non-hydrogen) atoms. The number of amides is 1. The van der Waals surface area contributed by atoms with E-state index >= 15 is 0 Å². The Morgan fingerprint density at radius 3 is 2.26 bits per heavy atom.